The maximum Gasteiger partial charge on any atom is 0.148 e. The Morgan fingerprint density at radius 3 is 1.50 bits per heavy atom. The number of benzene rings is 1. The molecule has 1 aliphatic carbocycles. The summed E-state index contributed by atoms with van der Waals surface area (Å²) in [7, 11) is 2.14. The van der Waals surface area contributed by atoms with Gasteiger partial charge < -0.3 is 8.98 Å². The number of aromatic nitrogens is 1. The van der Waals surface area contributed by atoms with Gasteiger partial charge in [-0.25, -0.2) is 0 Å². The maximum absolute atomic E-state index is 5.53. The summed E-state index contributed by atoms with van der Waals surface area (Å²) in [4.78, 5) is 7.13. The van der Waals surface area contributed by atoms with Crippen molar-refractivity contribution < 1.29 is 4.42 Å². The van der Waals surface area contributed by atoms with Crippen LogP contribution >= 0.6 is 56.7 Å². The van der Waals surface area contributed by atoms with Crippen LogP contribution in [0.15, 0.2) is 58.0 Å². The lowest BCUT2D eigenvalue weighted by atomic mass is 10.1. The first-order valence-corrected chi connectivity index (χ1v) is 28.6. The van der Waals surface area contributed by atoms with E-state index in [2.05, 4.69) is 151 Å². The predicted octanol–water partition coefficient (Wildman–Crippen LogP) is 22.7. The molecule has 66 heavy (non-hydrogen) atoms. The Bertz CT molecular complexity index is 2520. The van der Waals surface area contributed by atoms with Gasteiger partial charge in [0.05, 0.1) is 14.9 Å². The molecule has 2 nitrogen and oxygen atoms in total. The summed E-state index contributed by atoms with van der Waals surface area (Å²) in [6.45, 7) is 36.7. The number of aryl methyl sites for hydroxylation is 12. The van der Waals surface area contributed by atoms with Gasteiger partial charge in [-0.1, -0.05) is 122 Å². The molecule has 0 N–H and O–H groups in total. The van der Waals surface area contributed by atoms with Crippen molar-refractivity contribution in [1.29, 1.82) is 0 Å². The third-order valence-corrected chi connectivity index (χ3v) is 18.5. The molecule has 0 aliphatic heterocycles. The first kappa shape index (κ1) is 59.2. The smallest absolute Gasteiger partial charge is 0.148 e. The van der Waals surface area contributed by atoms with Crippen molar-refractivity contribution in [2.45, 2.75) is 202 Å². The van der Waals surface area contributed by atoms with Gasteiger partial charge >= 0.3 is 0 Å². The fraction of sp³-hybridized carbons (Fsp3) is 0.525. The standard InChI is InChI=1S/C11H24.C10H13NS.C10H10S.C9H10OS.C9H10S2.C7H12.C2H6.CH4/c1-3-5-7-9-11-10-8-6-4-2;1-6-5-9-10(11(6)4)7(2)8(3)12-9;1-7-8(2)11-10-6-4-3-5-9(7)10;2*1-5-4-8-9(10-5)6(2)7(3)11-8;1-6-4-3-5-7(6)2;1-2;/h3-11H2,1-2H3;5H,1-4H3;3-6H,1-2H3;2*4H,1-3H3;3-5H2,1-2H3;1-2H3;1H4. The molecule has 0 fully saturated rings. The highest BCUT2D eigenvalue weighted by Crippen LogP contribution is 2.37. The Morgan fingerprint density at radius 2 is 1.00 bits per heavy atom. The molecule has 1 aliphatic rings. The molecule has 7 heterocycles. The fourth-order valence-corrected chi connectivity index (χ4v) is 13.6. The lowest BCUT2D eigenvalue weighted by molar-refractivity contribution is 0.572. The van der Waals surface area contributed by atoms with Crippen molar-refractivity contribution in [3.8, 4) is 0 Å². The Kier molecular flexibility index (Phi) is 26.8. The van der Waals surface area contributed by atoms with Gasteiger partial charge in [0, 0.05) is 56.8 Å². The molecule has 8 aromatic rings. The van der Waals surface area contributed by atoms with Gasteiger partial charge in [-0.15, -0.1) is 56.7 Å². The lowest BCUT2D eigenvalue weighted by Gasteiger charge is -1.98. The predicted molar refractivity (Wildman–Crippen MR) is 312 cm³/mol. The van der Waals surface area contributed by atoms with E-state index >= 15 is 0 Å². The number of hydrogen-bond donors (Lipinski definition) is 0. The average Bonchev–Trinajstić information content (AvgIpc) is 4.18. The van der Waals surface area contributed by atoms with E-state index in [9.17, 15) is 0 Å². The van der Waals surface area contributed by atoms with Gasteiger partial charge in [0.25, 0.3) is 0 Å². The second-order valence-corrected chi connectivity index (χ2v) is 24.0. The Morgan fingerprint density at radius 1 is 0.515 bits per heavy atom. The minimum Gasteiger partial charge on any atom is -0.460 e. The van der Waals surface area contributed by atoms with E-state index < -0.39 is 0 Å². The van der Waals surface area contributed by atoms with Crippen LogP contribution in [0.25, 0.3) is 40.0 Å². The van der Waals surface area contributed by atoms with Gasteiger partial charge in [-0.05, 0) is 156 Å². The number of rotatable bonds is 8. The molecule has 0 saturated carbocycles. The molecule has 7 aromatic heterocycles. The van der Waals surface area contributed by atoms with Gasteiger partial charge in [0.2, 0.25) is 0 Å². The van der Waals surface area contributed by atoms with Crippen molar-refractivity contribution in [3.63, 3.8) is 0 Å². The van der Waals surface area contributed by atoms with Gasteiger partial charge in [0.15, 0.2) is 0 Å². The molecule has 366 valence electrons. The SMILES string of the molecule is C.CC.CC1=C(C)CCC1.CCCCCCCCCCC.Cc1cc2sc(C)c(C)c2o1.Cc1cc2sc(C)c(C)c2s1.Cc1sc2cc(C)n(C)c2c1C.Cc1sc2ccccc2c1C. The molecule has 0 saturated heterocycles. The third kappa shape index (κ3) is 16.9. The van der Waals surface area contributed by atoms with Crippen LogP contribution in [0.2, 0.25) is 0 Å². The second kappa shape index (κ2) is 29.8. The number of fused-ring (bicyclic) bond motifs is 4. The van der Waals surface area contributed by atoms with E-state index in [1.165, 1.54) is 164 Å². The van der Waals surface area contributed by atoms with E-state index in [4.69, 9.17) is 4.42 Å². The highest BCUT2D eigenvalue weighted by atomic mass is 32.1. The summed E-state index contributed by atoms with van der Waals surface area (Å²) in [5.41, 5.74) is 12.7. The van der Waals surface area contributed by atoms with E-state index in [-0.39, 0.29) is 7.43 Å². The summed E-state index contributed by atoms with van der Waals surface area (Å²) in [5.74, 6) is 1.01. The lowest BCUT2D eigenvalue weighted by Crippen LogP contribution is -1.90. The molecule has 0 unspecified atom stereocenters. The second-order valence-electron chi connectivity index (χ2n) is 17.7. The minimum atomic E-state index is 0. The molecule has 0 amide bonds. The quantitative estimate of drug-likeness (QED) is 0.110. The van der Waals surface area contributed by atoms with E-state index in [1.54, 1.807) is 22.5 Å². The molecule has 0 atom stereocenters. The number of allylic oxidation sites excluding steroid dienone is 2. The zero-order chi connectivity index (χ0) is 48.4. The van der Waals surface area contributed by atoms with Crippen LogP contribution in [0.5, 0.6) is 0 Å². The monoisotopic (exact) mass is 988 g/mol. The van der Waals surface area contributed by atoms with Gasteiger partial charge in [-0.2, -0.15) is 0 Å². The number of thiophene rings is 5. The Hall–Kier alpha value is -2.94. The number of furan rings is 1. The highest BCUT2D eigenvalue weighted by Gasteiger charge is 2.11. The molecule has 0 radical (unpaired) electrons. The van der Waals surface area contributed by atoms with Crippen molar-refractivity contribution in [2.75, 3.05) is 0 Å². The summed E-state index contributed by atoms with van der Waals surface area (Å²) < 4.78 is 14.9. The van der Waals surface area contributed by atoms with E-state index in [1.807, 2.05) is 66.1 Å². The summed E-state index contributed by atoms with van der Waals surface area (Å²) in [5, 5.41) is 1.41. The average molecular weight is 989 g/mol. The number of unbranched alkanes of at least 4 members (excludes halogenated alkanes) is 8. The van der Waals surface area contributed by atoms with Crippen molar-refractivity contribution >= 4 is 96.7 Å². The zero-order valence-electron chi connectivity index (χ0n) is 43.9. The summed E-state index contributed by atoms with van der Waals surface area (Å²) in [6.07, 6.45) is 17.1. The minimum absolute atomic E-state index is 0. The van der Waals surface area contributed by atoms with Crippen LogP contribution in [0.3, 0.4) is 0 Å². The number of hydrogen-bond acceptors (Lipinski definition) is 6. The first-order valence-electron chi connectivity index (χ1n) is 24.5. The Balaban J connectivity index is 0.000000271. The Labute approximate surface area is 423 Å². The zero-order valence-corrected chi connectivity index (χ0v) is 48.0. The molecule has 7 heteroatoms. The molecule has 0 bridgehead atoms. The molecular weight excluding hydrogens is 899 g/mol. The van der Waals surface area contributed by atoms with Crippen molar-refractivity contribution in [1.82, 2.24) is 4.57 Å². The molecular formula is C59H89NOS5. The van der Waals surface area contributed by atoms with Crippen LogP contribution in [-0.4, -0.2) is 4.57 Å². The fourth-order valence-electron chi connectivity index (χ4n) is 7.80. The van der Waals surface area contributed by atoms with E-state index in [0.717, 1.165) is 11.3 Å². The van der Waals surface area contributed by atoms with Crippen LogP contribution in [0.4, 0.5) is 0 Å². The maximum atomic E-state index is 5.53. The van der Waals surface area contributed by atoms with Crippen molar-refractivity contribution in [2.24, 2.45) is 7.05 Å². The van der Waals surface area contributed by atoms with Crippen molar-refractivity contribution in [3.05, 3.63) is 112 Å². The topological polar surface area (TPSA) is 18.1 Å². The molecule has 0 spiro atoms. The third-order valence-electron chi connectivity index (χ3n) is 12.6. The first-order chi connectivity index (χ1) is 31.0. The molecule has 9 rings (SSSR count). The number of nitrogens with zero attached hydrogens (tertiary/aromatic N) is 1. The highest BCUT2D eigenvalue weighted by molar-refractivity contribution is 7.28. The van der Waals surface area contributed by atoms with Gasteiger partial charge in [0.1, 0.15) is 11.3 Å². The summed E-state index contributed by atoms with van der Waals surface area (Å²) >= 11 is 9.40. The van der Waals surface area contributed by atoms with Crippen LogP contribution in [0, 0.1) is 76.2 Å². The summed E-state index contributed by atoms with van der Waals surface area (Å²) in [6, 6.07) is 15.2. The molecule has 1 aromatic carbocycles. The van der Waals surface area contributed by atoms with E-state index in [0.29, 0.717) is 0 Å². The largest absolute Gasteiger partial charge is 0.460 e. The van der Waals surface area contributed by atoms with Crippen LogP contribution < -0.4 is 0 Å². The van der Waals surface area contributed by atoms with Crippen LogP contribution in [0.1, 0.15) is 184 Å². The van der Waals surface area contributed by atoms with Gasteiger partial charge in [-0.3, -0.25) is 0 Å². The van der Waals surface area contributed by atoms with Crippen LogP contribution in [-0.2, 0) is 7.05 Å². The normalized spacial score (nSPS) is 11.7.